The van der Waals surface area contributed by atoms with Crippen LogP contribution in [0.1, 0.15) is 48.4 Å². The highest BCUT2D eigenvalue weighted by atomic mass is 16.1. The Balaban J connectivity index is 2.16. The van der Waals surface area contributed by atoms with Crippen molar-refractivity contribution < 1.29 is 4.79 Å². The predicted molar refractivity (Wildman–Crippen MR) is 57.8 cm³/mol. The number of carbonyl (C=O) groups is 1. The van der Waals surface area contributed by atoms with Gasteiger partial charge in [0.2, 0.25) is 0 Å². The molecule has 1 fully saturated rings. The lowest BCUT2D eigenvalue weighted by atomic mass is 9.99. The molecule has 2 heterocycles. The van der Waals surface area contributed by atoms with Gasteiger partial charge in [0.1, 0.15) is 5.69 Å². The van der Waals surface area contributed by atoms with Crippen molar-refractivity contribution in [2.75, 3.05) is 13.1 Å². The SMILES string of the molecule is CCN1CCCCC1c1cc(C=O)n[nH]1. The minimum atomic E-state index is 0.421. The van der Waals surface area contributed by atoms with E-state index in [0.29, 0.717) is 11.7 Å². The molecule has 2 rings (SSSR count). The van der Waals surface area contributed by atoms with E-state index in [9.17, 15) is 4.79 Å². The van der Waals surface area contributed by atoms with Crippen molar-refractivity contribution >= 4 is 6.29 Å². The average Bonchev–Trinajstić information content (AvgIpc) is 2.77. The molecule has 1 aromatic heterocycles. The van der Waals surface area contributed by atoms with Gasteiger partial charge in [0.05, 0.1) is 11.7 Å². The summed E-state index contributed by atoms with van der Waals surface area (Å²) >= 11 is 0. The summed E-state index contributed by atoms with van der Waals surface area (Å²) in [7, 11) is 0. The van der Waals surface area contributed by atoms with Gasteiger partial charge in [-0.25, -0.2) is 0 Å². The van der Waals surface area contributed by atoms with Crippen molar-refractivity contribution in [2.24, 2.45) is 0 Å². The second-order valence-corrected chi connectivity index (χ2v) is 4.01. The normalized spacial score (nSPS) is 22.9. The molecule has 1 unspecified atom stereocenters. The van der Waals surface area contributed by atoms with Crippen LogP contribution >= 0.6 is 0 Å². The molecule has 4 nitrogen and oxygen atoms in total. The van der Waals surface area contributed by atoms with Gasteiger partial charge in [-0.15, -0.1) is 0 Å². The summed E-state index contributed by atoms with van der Waals surface area (Å²) in [5, 5.41) is 6.93. The van der Waals surface area contributed by atoms with E-state index < -0.39 is 0 Å². The van der Waals surface area contributed by atoms with Gasteiger partial charge in [-0.1, -0.05) is 13.3 Å². The highest BCUT2D eigenvalue weighted by molar-refractivity contribution is 5.71. The highest BCUT2D eigenvalue weighted by Gasteiger charge is 2.23. The summed E-state index contributed by atoms with van der Waals surface area (Å²) < 4.78 is 0. The van der Waals surface area contributed by atoms with E-state index in [1.54, 1.807) is 0 Å². The van der Waals surface area contributed by atoms with E-state index in [4.69, 9.17) is 0 Å². The van der Waals surface area contributed by atoms with E-state index in [1.165, 1.54) is 12.8 Å². The van der Waals surface area contributed by atoms with Gasteiger partial charge < -0.3 is 0 Å². The van der Waals surface area contributed by atoms with E-state index >= 15 is 0 Å². The minimum absolute atomic E-state index is 0.421. The first kappa shape index (κ1) is 10.4. The number of nitrogens with one attached hydrogen (secondary N) is 1. The second kappa shape index (κ2) is 4.57. The lowest BCUT2D eigenvalue weighted by Gasteiger charge is -2.33. The van der Waals surface area contributed by atoms with Gasteiger partial charge in [0, 0.05) is 0 Å². The number of hydrogen-bond acceptors (Lipinski definition) is 3. The standard InChI is InChI=1S/C11H17N3O/c1-2-14-6-4-3-5-11(14)10-7-9(8-15)12-13-10/h7-8,11H,2-6H2,1H3,(H,12,13). The first-order chi connectivity index (χ1) is 7.35. The van der Waals surface area contributed by atoms with Crippen LogP contribution in [-0.4, -0.2) is 34.5 Å². The molecule has 1 aliphatic rings. The summed E-state index contributed by atoms with van der Waals surface area (Å²) in [4.78, 5) is 13.0. The third kappa shape index (κ3) is 2.09. The topological polar surface area (TPSA) is 49.0 Å². The molecule has 4 heteroatoms. The molecular formula is C11H17N3O. The molecule has 0 aromatic carbocycles. The Morgan fingerprint density at radius 3 is 3.20 bits per heavy atom. The quantitative estimate of drug-likeness (QED) is 0.768. The molecule has 0 radical (unpaired) electrons. The molecule has 0 amide bonds. The fraction of sp³-hybridized carbons (Fsp3) is 0.636. The zero-order chi connectivity index (χ0) is 10.7. The maximum atomic E-state index is 10.6. The van der Waals surface area contributed by atoms with E-state index in [-0.39, 0.29) is 0 Å². The molecule has 82 valence electrons. The Morgan fingerprint density at radius 2 is 2.53 bits per heavy atom. The zero-order valence-electron chi connectivity index (χ0n) is 9.07. The fourth-order valence-electron chi connectivity index (χ4n) is 2.31. The molecule has 0 bridgehead atoms. The van der Waals surface area contributed by atoms with Crippen LogP contribution in [0.2, 0.25) is 0 Å². The third-order valence-electron chi connectivity index (χ3n) is 3.12. The molecule has 0 aliphatic carbocycles. The summed E-state index contributed by atoms with van der Waals surface area (Å²) in [6.45, 7) is 4.38. The van der Waals surface area contributed by atoms with Gasteiger partial charge in [0.15, 0.2) is 6.29 Å². The van der Waals surface area contributed by atoms with Crippen LogP contribution in [0.4, 0.5) is 0 Å². The van der Waals surface area contributed by atoms with Crippen molar-refractivity contribution in [3.05, 3.63) is 17.5 Å². The average molecular weight is 207 g/mol. The number of hydrogen-bond donors (Lipinski definition) is 1. The van der Waals surface area contributed by atoms with Crippen LogP contribution < -0.4 is 0 Å². The summed E-state index contributed by atoms with van der Waals surface area (Å²) in [6, 6.07) is 2.29. The number of aldehydes is 1. The molecule has 1 aromatic rings. The van der Waals surface area contributed by atoms with E-state index in [1.807, 2.05) is 6.07 Å². The van der Waals surface area contributed by atoms with Crippen LogP contribution in [0.15, 0.2) is 6.07 Å². The molecule has 1 saturated heterocycles. The first-order valence-corrected chi connectivity index (χ1v) is 5.59. The van der Waals surface area contributed by atoms with Crippen molar-refractivity contribution in [3.63, 3.8) is 0 Å². The molecular weight excluding hydrogens is 190 g/mol. The summed E-state index contributed by atoms with van der Waals surface area (Å²) in [6.07, 6.45) is 4.49. The van der Waals surface area contributed by atoms with Gasteiger partial charge in [-0.2, -0.15) is 5.10 Å². The van der Waals surface area contributed by atoms with Crippen molar-refractivity contribution in [3.8, 4) is 0 Å². The minimum Gasteiger partial charge on any atom is -0.296 e. The molecule has 1 aliphatic heterocycles. The lowest BCUT2D eigenvalue weighted by Crippen LogP contribution is -2.33. The van der Waals surface area contributed by atoms with Gasteiger partial charge >= 0.3 is 0 Å². The Hall–Kier alpha value is -1.16. The predicted octanol–water partition coefficient (Wildman–Crippen LogP) is 1.77. The molecule has 0 spiro atoms. The second-order valence-electron chi connectivity index (χ2n) is 4.01. The van der Waals surface area contributed by atoms with Crippen LogP contribution in [0.5, 0.6) is 0 Å². The number of piperidine rings is 1. The van der Waals surface area contributed by atoms with Crippen LogP contribution in [-0.2, 0) is 0 Å². The number of H-pyrrole nitrogens is 1. The first-order valence-electron chi connectivity index (χ1n) is 5.59. The van der Waals surface area contributed by atoms with Crippen molar-refractivity contribution in [2.45, 2.75) is 32.2 Å². The number of nitrogens with zero attached hydrogens (tertiary/aromatic N) is 2. The maximum absolute atomic E-state index is 10.6. The fourth-order valence-corrected chi connectivity index (χ4v) is 2.31. The van der Waals surface area contributed by atoms with Crippen molar-refractivity contribution in [1.82, 2.24) is 15.1 Å². The van der Waals surface area contributed by atoms with Gasteiger partial charge in [0.25, 0.3) is 0 Å². The maximum Gasteiger partial charge on any atom is 0.170 e. The lowest BCUT2D eigenvalue weighted by molar-refractivity contribution is 0.111. The monoisotopic (exact) mass is 207 g/mol. The molecule has 1 atom stereocenters. The van der Waals surface area contributed by atoms with Crippen molar-refractivity contribution in [1.29, 1.82) is 0 Å². The van der Waals surface area contributed by atoms with Crippen LogP contribution in [0.25, 0.3) is 0 Å². The van der Waals surface area contributed by atoms with Crippen LogP contribution in [0, 0.1) is 0 Å². The Kier molecular flexibility index (Phi) is 3.16. The third-order valence-corrected chi connectivity index (χ3v) is 3.12. The molecule has 1 N–H and O–H groups in total. The molecule has 15 heavy (non-hydrogen) atoms. The summed E-state index contributed by atoms with van der Waals surface area (Å²) in [5.41, 5.74) is 1.59. The largest absolute Gasteiger partial charge is 0.296 e. The number of carbonyl (C=O) groups excluding carboxylic acids is 1. The summed E-state index contributed by atoms with van der Waals surface area (Å²) in [5.74, 6) is 0. The number of rotatable bonds is 3. The Labute approximate surface area is 89.7 Å². The Morgan fingerprint density at radius 1 is 1.67 bits per heavy atom. The molecule has 0 saturated carbocycles. The van der Waals surface area contributed by atoms with Gasteiger partial charge in [-0.3, -0.25) is 14.8 Å². The number of likely N-dealkylation sites (tertiary alicyclic amines) is 1. The van der Waals surface area contributed by atoms with Crippen LogP contribution in [0.3, 0.4) is 0 Å². The van der Waals surface area contributed by atoms with Gasteiger partial charge in [-0.05, 0) is 32.0 Å². The highest BCUT2D eigenvalue weighted by Crippen LogP contribution is 2.29. The smallest absolute Gasteiger partial charge is 0.170 e. The zero-order valence-corrected chi connectivity index (χ0v) is 9.07. The van der Waals surface area contributed by atoms with E-state index in [2.05, 4.69) is 22.0 Å². The number of aromatic nitrogens is 2. The van der Waals surface area contributed by atoms with E-state index in [0.717, 1.165) is 31.5 Å². The number of aromatic amines is 1. The Bertz CT molecular complexity index is 334.